The molecule has 0 spiro atoms. The Morgan fingerprint density at radius 3 is 2.47 bits per heavy atom. The van der Waals surface area contributed by atoms with Crippen molar-refractivity contribution in [1.82, 2.24) is 5.32 Å². The average molecular weight is 244 g/mol. The van der Waals surface area contributed by atoms with E-state index < -0.39 is 0 Å². The van der Waals surface area contributed by atoms with Gasteiger partial charge in [0.1, 0.15) is 0 Å². The van der Waals surface area contributed by atoms with E-state index in [9.17, 15) is 4.79 Å². The van der Waals surface area contributed by atoms with E-state index in [0.29, 0.717) is 25.4 Å². The zero-order valence-electron chi connectivity index (χ0n) is 11.4. The van der Waals surface area contributed by atoms with Gasteiger partial charge in [0.2, 0.25) is 5.91 Å². The Labute approximate surface area is 105 Å². The third-order valence-corrected chi connectivity index (χ3v) is 2.73. The summed E-state index contributed by atoms with van der Waals surface area (Å²) in [6.45, 7) is 7.25. The highest BCUT2D eigenvalue weighted by Gasteiger charge is 2.13. The number of hydrogen-bond acceptors (Lipinski definition) is 3. The van der Waals surface area contributed by atoms with Gasteiger partial charge >= 0.3 is 0 Å². The molecule has 0 aliphatic carbocycles. The molecule has 4 nitrogen and oxygen atoms in total. The molecule has 0 saturated carbocycles. The molecule has 0 saturated heterocycles. The summed E-state index contributed by atoms with van der Waals surface area (Å²) in [5.41, 5.74) is 5.65. The Kier molecular flexibility index (Phi) is 9.09. The molecule has 17 heavy (non-hydrogen) atoms. The van der Waals surface area contributed by atoms with Crippen LogP contribution in [0.2, 0.25) is 0 Å². The topological polar surface area (TPSA) is 75.4 Å². The van der Waals surface area contributed by atoms with E-state index >= 15 is 0 Å². The first-order chi connectivity index (χ1) is 7.95. The van der Waals surface area contributed by atoms with Gasteiger partial charge in [-0.2, -0.15) is 0 Å². The molecule has 0 bridgehead atoms. The molecule has 0 aromatic rings. The fraction of sp³-hybridized carbons (Fsp3) is 0.923. The summed E-state index contributed by atoms with van der Waals surface area (Å²) in [7, 11) is 0. The zero-order chi connectivity index (χ0) is 13.3. The molecule has 102 valence electrons. The number of carbonyl (C=O) groups excluding carboxylic acids is 1. The summed E-state index contributed by atoms with van der Waals surface area (Å²) in [5, 5.41) is 11.9. The fourth-order valence-corrected chi connectivity index (χ4v) is 1.89. The van der Waals surface area contributed by atoms with Gasteiger partial charge in [-0.1, -0.05) is 13.8 Å². The summed E-state index contributed by atoms with van der Waals surface area (Å²) in [6, 6.07) is 0. The van der Waals surface area contributed by atoms with Crippen molar-refractivity contribution in [2.45, 2.75) is 52.6 Å². The molecule has 4 heteroatoms. The van der Waals surface area contributed by atoms with Crippen LogP contribution in [0.4, 0.5) is 0 Å². The number of rotatable bonds is 9. The van der Waals surface area contributed by atoms with Crippen molar-refractivity contribution in [2.24, 2.45) is 17.6 Å². The third-order valence-electron chi connectivity index (χ3n) is 2.73. The first kappa shape index (κ1) is 16.4. The maximum absolute atomic E-state index is 11.6. The van der Waals surface area contributed by atoms with Crippen LogP contribution in [0.5, 0.6) is 0 Å². The molecule has 0 rings (SSSR count). The largest absolute Gasteiger partial charge is 0.393 e. The van der Waals surface area contributed by atoms with Gasteiger partial charge in [-0.3, -0.25) is 4.79 Å². The molecule has 0 aromatic heterocycles. The van der Waals surface area contributed by atoms with Crippen LogP contribution in [0.3, 0.4) is 0 Å². The third kappa shape index (κ3) is 10.3. The fourth-order valence-electron chi connectivity index (χ4n) is 1.89. The molecule has 2 unspecified atom stereocenters. The van der Waals surface area contributed by atoms with Crippen LogP contribution < -0.4 is 11.1 Å². The van der Waals surface area contributed by atoms with Gasteiger partial charge < -0.3 is 16.2 Å². The van der Waals surface area contributed by atoms with Crippen LogP contribution in [0.25, 0.3) is 0 Å². The van der Waals surface area contributed by atoms with Gasteiger partial charge in [-0.05, 0) is 44.6 Å². The van der Waals surface area contributed by atoms with Gasteiger partial charge in [0.15, 0.2) is 0 Å². The minimum atomic E-state index is -0.287. The molecule has 0 fully saturated rings. The van der Waals surface area contributed by atoms with Crippen LogP contribution in [0, 0.1) is 11.8 Å². The van der Waals surface area contributed by atoms with Crippen LogP contribution in [0.15, 0.2) is 0 Å². The quantitative estimate of drug-likeness (QED) is 0.535. The summed E-state index contributed by atoms with van der Waals surface area (Å²) in [5.74, 6) is 0.935. The lowest BCUT2D eigenvalue weighted by Gasteiger charge is -2.16. The van der Waals surface area contributed by atoms with Gasteiger partial charge in [0.25, 0.3) is 0 Å². The molecule has 0 heterocycles. The standard InChI is InChI=1S/C13H28N2O2/c1-10(2)7-12(9-14)8-13(17)15-6-4-5-11(3)16/h10-12,16H,4-9,14H2,1-3H3,(H,15,17). The second-order valence-electron chi connectivity index (χ2n) is 5.28. The first-order valence-corrected chi connectivity index (χ1v) is 6.60. The summed E-state index contributed by atoms with van der Waals surface area (Å²) in [6.07, 6.45) is 2.78. The van der Waals surface area contributed by atoms with E-state index in [1.165, 1.54) is 0 Å². The maximum atomic E-state index is 11.6. The predicted octanol–water partition coefficient (Wildman–Crippen LogP) is 1.27. The van der Waals surface area contributed by atoms with Crippen molar-refractivity contribution >= 4 is 5.91 Å². The molecule has 4 N–H and O–H groups in total. The van der Waals surface area contributed by atoms with Crippen LogP contribution >= 0.6 is 0 Å². The Morgan fingerprint density at radius 2 is 2.00 bits per heavy atom. The van der Waals surface area contributed by atoms with E-state index in [1.54, 1.807) is 6.92 Å². The molecule has 0 aliphatic rings. The Balaban J connectivity index is 3.68. The van der Waals surface area contributed by atoms with Gasteiger partial charge in [0.05, 0.1) is 6.10 Å². The maximum Gasteiger partial charge on any atom is 0.220 e. The van der Waals surface area contributed by atoms with E-state index in [4.69, 9.17) is 10.8 Å². The lowest BCUT2D eigenvalue weighted by molar-refractivity contribution is -0.122. The van der Waals surface area contributed by atoms with E-state index in [-0.39, 0.29) is 17.9 Å². The molecule has 0 aliphatic heterocycles. The number of carbonyl (C=O) groups is 1. The highest BCUT2D eigenvalue weighted by Crippen LogP contribution is 2.13. The normalized spacial score (nSPS) is 14.7. The monoisotopic (exact) mass is 244 g/mol. The predicted molar refractivity (Wildman–Crippen MR) is 70.5 cm³/mol. The van der Waals surface area contributed by atoms with Crippen LogP contribution in [-0.4, -0.2) is 30.2 Å². The summed E-state index contributed by atoms with van der Waals surface area (Å²) < 4.78 is 0. The van der Waals surface area contributed by atoms with Crippen LogP contribution in [0.1, 0.15) is 46.5 Å². The summed E-state index contributed by atoms with van der Waals surface area (Å²) in [4.78, 5) is 11.6. The van der Waals surface area contributed by atoms with Crippen LogP contribution in [-0.2, 0) is 4.79 Å². The van der Waals surface area contributed by atoms with Gasteiger partial charge in [-0.15, -0.1) is 0 Å². The highest BCUT2D eigenvalue weighted by atomic mass is 16.3. The highest BCUT2D eigenvalue weighted by molar-refractivity contribution is 5.76. The van der Waals surface area contributed by atoms with E-state index in [0.717, 1.165) is 19.3 Å². The lowest BCUT2D eigenvalue weighted by atomic mass is 9.94. The molecule has 1 amide bonds. The molecule has 0 aromatic carbocycles. The molecular weight excluding hydrogens is 216 g/mol. The van der Waals surface area contributed by atoms with Crippen molar-refractivity contribution in [3.05, 3.63) is 0 Å². The minimum Gasteiger partial charge on any atom is -0.393 e. The number of aliphatic hydroxyl groups is 1. The van der Waals surface area contributed by atoms with Crippen molar-refractivity contribution in [3.63, 3.8) is 0 Å². The second kappa shape index (κ2) is 9.42. The number of aliphatic hydroxyl groups excluding tert-OH is 1. The number of amides is 1. The SMILES string of the molecule is CC(C)CC(CN)CC(=O)NCCCC(C)O. The van der Waals surface area contributed by atoms with Gasteiger partial charge in [-0.25, -0.2) is 0 Å². The molecule has 0 radical (unpaired) electrons. The number of nitrogens with one attached hydrogen (secondary N) is 1. The number of nitrogens with two attached hydrogens (primary N) is 1. The summed E-state index contributed by atoms with van der Waals surface area (Å²) >= 11 is 0. The number of hydrogen-bond donors (Lipinski definition) is 3. The average Bonchev–Trinajstić information content (AvgIpc) is 2.22. The lowest BCUT2D eigenvalue weighted by Crippen LogP contribution is -2.29. The van der Waals surface area contributed by atoms with E-state index in [1.807, 2.05) is 0 Å². The van der Waals surface area contributed by atoms with Crippen molar-refractivity contribution < 1.29 is 9.90 Å². The Bertz CT molecular complexity index is 206. The smallest absolute Gasteiger partial charge is 0.220 e. The van der Waals surface area contributed by atoms with Gasteiger partial charge in [0, 0.05) is 13.0 Å². The van der Waals surface area contributed by atoms with Crippen molar-refractivity contribution in [3.8, 4) is 0 Å². The first-order valence-electron chi connectivity index (χ1n) is 6.60. The Morgan fingerprint density at radius 1 is 1.35 bits per heavy atom. The molecular formula is C13H28N2O2. The Hall–Kier alpha value is -0.610. The molecule has 2 atom stereocenters. The van der Waals surface area contributed by atoms with Crippen molar-refractivity contribution in [1.29, 1.82) is 0 Å². The van der Waals surface area contributed by atoms with Crippen molar-refractivity contribution in [2.75, 3.05) is 13.1 Å². The minimum absolute atomic E-state index is 0.0756. The second-order valence-corrected chi connectivity index (χ2v) is 5.28. The zero-order valence-corrected chi connectivity index (χ0v) is 11.4. The van der Waals surface area contributed by atoms with E-state index in [2.05, 4.69) is 19.2 Å².